The third kappa shape index (κ3) is 3.52. The average molecular weight is 130 g/mol. The minimum absolute atomic E-state index is 0.196. The van der Waals surface area contributed by atoms with Crippen molar-refractivity contribution in [2.75, 3.05) is 0 Å². The molecule has 0 saturated carbocycles. The molecule has 0 unspecified atom stereocenters. The number of carbonyl (C=O) groups is 1. The lowest BCUT2D eigenvalue weighted by atomic mass is 10.5. The molecular formula is C5H10N2O2. The van der Waals surface area contributed by atoms with Gasteiger partial charge in [0, 0.05) is 13.3 Å². The molecule has 52 valence electrons. The van der Waals surface area contributed by atoms with Crippen molar-refractivity contribution < 1.29 is 9.53 Å². The van der Waals surface area contributed by atoms with E-state index in [1.54, 1.807) is 6.92 Å². The SMILES string of the molecule is CCC(=O)OC(C)=NN. The van der Waals surface area contributed by atoms with Gasteiger partial charge in [0.1, 0.15) is 0 Å². The summed E-state index contributed by atoms with van der Waals surface area (Å²) in [6, 6.07) is 0. The summed E-state index contributed by atoms with van der Waals surface area (Å²) in [6.07, 6.45) is 0.340. The first-order chi connectivity index (χ1) is 4.20. The second-order valence-electron chi connectivity index (χ2n) is 1.48. The molecule has 0 saturated heterocycles. The van der Waals surface area contributed by atoms with E-state index in [1.807, 2.05) is 0 Å². The van der Waals surface area contributed by atoms with E-state index in [-0.39, 0.29) is 11.9 Å². The number of hydrogen-bond acceptors (Lipinski definition) is 4. The fourth-order valence-electron chi connectivity index (χ4n) is 0.263. The number of hydrogen-bond donors (Lipinski definition) is 1. The topological polar surface area (TPSA) is 64.7 Å². The van der Waals surface area contributed by atoms with Crippen LogP contribution in [0.1, 0.15) is 20.3 Å². The number of hydrazone groups is 1. The lowest BCUT2D eigenvalue weighted by molar-refractivity contribution is -0.135. The molecule has 0 aromatic rings. The van der Waals surface area contributed by atoms with Gasteiger partial charge in [0.25, 0.3) is 0 Å². The van der Waals surface area contributed by atoms with Crippen molar-refractivity contribution in [3.05, 3.63) is 0 Å². The van der Waals surface area contributed by atoms with E-state index in [2.05, 4.69) is 9.84 Å². The quantitative estimate of drug-likeness (QED) is 0.182. The van der Waals surface area contributed by atoms with Gasteiger partial charge in [-0.05, 0) is 0 Å². The van der Waals surface area contributed by atoms with Crippen LogP contribution in [0.3, 0.4) is 0 Å². The summed E-state index contributed by atoms with van der Waals surface area (Å²) in [5.41, 5.74) is 0. The van der Waals surface area contributed by atoms with Gasteiger partial charge in [-0.3, -0.25) is 4.79 Å². The van der Waals surface area contributed by atoms with Crippen LogP contribution >= 0.6 is 0 Å². The van der Waals surface area contributed by atoms with Gasteiger partial charge in [-0.25, -0.2) is 0 Å². The number of carbonyl (C=O) groups excluding carboxylic acids is 1. The molecule has 0 aromatic carbocycles. The lowest BCUT2D eigenvalue weighted by Gasteiger charge is -1.96. The molecule has 0 rings (SSSR count). The van der Waals surface area contributed by atoms with E-state index >= 15 is 0 Å². The van der Waals surface area contributed by atoms with Crippen LogP contribution in [-0.4, -0.2) is 11.9 Å². The van der Waals surface area contributed by atoms with Crippen molar-refractivity contribution in [2.24, 2.45) is 10.9 Å². The Bertz CT molecular complexity index is 131. The Labute approximate surface area is 53.7 Å². The Kier molecular flexibility index (Phi) is 3.43. The third-order valence-corrected chi connectivity index (χ3v) is 0.732. The summed E-state index contributed by atoms with van der Waals surface area (Å²) >= 11 is 0. The first-order valence-corrected chi connectivity index (χ1v) is 2.65. The highest BCUT2D eigenvalue weighted by Crippen LogP contribution is 1.84. The second kappa shape index (κ2) is 3.88. The van der Waals surface area contributed by atoms with E-state index in [0.717, 1.165) is 0 Å². The minimum Gasteiger partial charge on any atom is -0.410 e. The molecule has 0 aliphatic rings. The molecule has 0 amide bonds. The zero-order valence-corrected chi connectivity index (χ0v) is 5.55. The zero-order valence-electron chi connectivity index (χ0n) is 5.55. The molecule has 4 nitrogen and oxygen atoms in total. The molecule has 0 aromatic heterocycles. The highest BCUT2D eigenvalue weighted by atomic mass is 16.5. The first-order valence-electron chi connectivity index (χ1n) is 2.65. The highest BCUT2D eigenvalue weighted by molar-refractivity contribution is 5.86. The standard InChI is InChI=1S/C5H10N2O2/c1-3-5(8)9-4(2)7-6/h3,6H2,1-2H3. The summed E-state index contributed by atoms with van der Waals surface area (Å²) < 4.78 is 4.53. The molecule has 0 aliphatic heterocycles. The molecule has 0 spiro atoms. The van der Waals surface area contributed by atoms with Crippen molar-refractivity contribution in [1.29, 1.82) is 0 Å². The first kappa shape index (κ1) is 7.94. The van der Waals surface area contributed by atoms with Crippen LogP contribution in [0.5, 0.6) is 0 Å². The molecule has 0 fully saturated rings. The monoisotopic (exact) mass is 130 g/mol. The van der Waals surface area contributed by atoms with Crippen LogP contribution in [0.4, 0.5) is 0 Å². The number of esters is 1. The summed E-state index contributed by atoms with van der Waals surface area (Å²) in [7, 11) is 0. The van der Waals surface area contributed by atoms with Gasteiger partial charge >= 0.3 is 5.97 Å². The van der Waals surface area contributed by atoms with Crippen molar-refractivity contribution >= 4 is 11.9 Å². The van der Waals surface area contributed by atoms with E-state index < -0.39 is 0 Å². The predicted octanol–water partition coefficient (Wildman–Crippen LogP) is 0.232. The Hall–Kier alpha value is -1.06. The summed E-state index contributed by atoms with van der Waals surface area (Å²) in [5.74, 6) is 4.66. The Morgan fingerprint density at radius 3 is 2.67 bits per heavy atom. The molecular weight excluding hydrogens is 120 g/mol. The van der Waals surface area contributed by atoms with Gasteiger partial charge in [-0.2, -0.15) is 0 Å². The summed E-state index contributed by atoms with van der Waals surface area (Å²) in [4.78, 5) is 10.4. The minimum atomic E-state index is -0.318. The van der Waals surface area contributed by atoms with Gasteiger partial charge in [-0.1, -0.05) is 6.92 Å². The van der Waals surface area contributed by atoms with E-state index in [1.165, 1.54) is 6.92 Å². The Balaban J connectivity index is 3.60. The maximum absolute atomic E-state index is 10.4. The highest BCUT2D eigenvalue weighted by Gasteiger charge is 1.98. The van der Waals surface area contributed by atoms with E-state index in [9.17, 15) is 4.79 Å². The molecule has 0 heterocycles. The van der Waals surface area contributed by atoms with Crippen LogP contribution in [0, 0.1) is 0 Å². The smallest absolute Gasteiger partial charge is 0.312 e. The number of ether oxygens (including phenoxy) is 1. The molecule has 0 aliphatic carbocycles. The fraction of sp³-hybridized carbons (Fsp3) is 0.600. The maximum Gasteiger partial charge on any atom is 0.312 e. The van der Waals surface area contributed by atoms with Crippen LogP contribution in [0.15, 0.2) is 5.10 Å². The Morgan fingerprint density at radius 2 is 2.33 bits per heavy atom. The predicted molar refractivity (Wildman–Crippen MR) is 33.7 cm³/mol. The maximum atomic E-state index is 10.4. The zero-order chi connectivity index (χ0) is 7.28. The molecule has 2 N–H and O–H groups in total. The van der Waals surface area contributed by atoms with Crippen molar-refractivity contribution in [3.63, 3.8) is 0 Å². The normalized spacial score (nSPS) is 11.1. The van der Waals surface area contributed by atoms with E-state index in [0.29, 0.717) is 6.42 Å². The number of rotatable bonds is 1. The van der Waals surface area contributed by atoms with Gasteiger partial charge in [0.15, 0.2) is 0 Å². The number of nitrogens with two attached hydrogens (primary N) is 1. The van der Waals surface area contributed by atoms with E-state index in [4.69, 9.17) is 5.84 Å². The van der Waals surface area contributed by atoms with Gasteiger partial charge in [0.2, 0.25) is 5.90 Å². The van der Waals surface area contributed by atoms with Crippen molar-refractivity contribution in [2.45, 2.75) is 20.3 Å². The molecule has 0 atom stereocenters. The van der Waals surface area contributed by atoms with Crippen LogP contribution < -0.4 is 5.84 Å². The largest absolute Gasteiger partial charge is 0.410 e. The van der Waals surface area contributed by atoms with Crippen LogP contribution in [-0.2, 0) is 9.53 Å². The number of nitrogens with zero attached hydrogens (tertiary/aromatic N) is 1. The summed E-state index contributed by atoms with van der Waals surface area (Å²) in [6.45, 7) is 3.22. The average Bonchev–Trinajstić information content (AvgIpc) is 1.87. The van der Waals surface area contributed by atoms with Crippen LogP contribution in [0.25, 0.3) is 0 Å². The second-order valence-corrected chi connectivity index (χ2v) is 1.48. The fourth-order valence-corrected chi connectivity index (χ4v) is 0.263. The van der Waals surface area contributed by atoms with Gasteiger partial charge in [-0.15, -0.1) is 5.10 Å². The molecule has 9 heavy (non-hydrogen) atoms. The molecule has 0 bridgehead atoms. The van der Waals surface area contributed by atoms with Gasteiger partial charge in [0.05, 0.1) is 0 Å². The van der Waals surface area contributed by atoms with Crippen LogP contribution in [0.2, 0.25) is 0 Å². The Morgan fingerprint density at radius 1 is 1.78 bits per heavy atom. The molecule has 4 heteroatoms. The van der Waals surface area contributed by atoms with Gasteiger partial charge < -0.3 is 10.6 Å². The van der Waals surface area contributed by atoms with Crippen molar-refractivity contribution in [1.82, 2.24) is 0 Å². The lowest BCUT2D eigenvalue weighted by Crippen LogP contribution is -2.09. The molecule has 0 radical (unpaired) electrons. The summed E-state index contributed by atoms with van der Waals surface area (Å²) in [5, 5.41) is 3.15. The van der Waals surface area contributed by atoms with Crippen molar-refractivity contribution in [3.8, 4) is 0 Å². The third-order valence-electron chi connectivity index (χ3n) is 0.732.